The van der Waals surface area contributed by atoms with Gasteiger partial charge in [-0.3, -0.25) is 4.79 Å². The molecule has 3 N–H and O–H groups in total. The third-order valence-electron chi connectivity index (χ3n) is 6.35. The molecule has 3 aromatic carbocycles. The Balaban J connectivity index is 1.50. The van der Waals surface area contributed by atoms with Crippen LogP contribution in [0.5, 0.6) is 0 Å². The molecular weight excluding hydrogens is 438 g/mol. The number of amides is 1. The van der Waals surface area contributed by atoms with E-state index in [0.717, 1.165) is 34.4 Å². The molecule has 4 aromatic rings. The number of carbonyl (C=O) groups is 1. The number of fused-ring (bicyclic) bond motifs is 3. The number of aromatic nitrogens is 2. The van der Waals surface area contributed by atoms with E-state index >= 15 is 0 Å². The molecule has 0 saturated heterocycles. The van der Waals surface area contributed by atoms with Gasteiger partial charge < -0.3 is 15.5 Å². The molecule has 35 heavy (non-hydrogen) atoms. The highest BCUT2D eigenvalue weighted by atomic mass is 16.3. The fraction of sp³-hybridized carbons (Fsp3) is 0.207. The van der Waals surface area contributed by atoms with Crippen molar-refractivity contribution < 1.29 is 15.0 Å². The summed E-state index contributed by atoms with van der Waals surface area (Å²) in [6, 6.07) is 24.9. The van der Waals surface area contributed by atoms with Crippen LogP contribution in [-0.2, 0) is 30.7 Å². The summed E-state index contributed by atoms with van der Waals surface area (Å²) in [4.78, 5) is 22.5. The van der Waals surface area contributed by atoms with Crippen LogP contribution in [0.15, 0.2) is 78.9 Å². The smallest absolute Gasteiger partial charge is 0.225 e. The number of benzene rings is 3. The van der Waals surface area contributed by atoms with Crippen LogP contribution in [0.4, 0.5) is 5.82 Å². The first kappa shape index (κ1) is 22.9. The summed E-state index contributed by atoms with van der Waals surface area (Å²) < 4.78 is 0. The quantitative estimate of drug-likeness (QED) is 0.376. The third-order valence-corrected chi connectivity index (χ3v) is 6.35. The molecule has 6 heteroatoms. The fourth-order valence-corrected chi connectivity index (χ4v) is 4.48. The second-order valence-corrected chi connectivity index (χ2v) is 8.75. The van der Waals surface area contributed by atoms with Crippen LogP contribution < -0.4 is 5.32 Å². The van der Waals surface area contributed by atoms with Crippen LogP contribution in [0.1, 0.15) is 46.2 Å². The predicted octanol–water partition coefficient (Wildman–Crippen LogP) is 4.39. The number of aliphatic hydroxyl groups excluding tert-OH is 2. The number of hydrogen-bond donors (Lipinski definition) is 3. The monoisotopic (exact) mass is 465 g/mol. The van der Waals surface area contributed by atoms with E-state index in [-0.39, 0.29) is 12.5 Å². The lowest BCUT2D eigenvalue weighted by Crippen LogP contribution is -2.20. The van der Waals surface area contributed by atoms with Gasteiger partial charge in [-0.25, -0.2) is 9.97 Å². The molecular formula is C29H27N3O3. The highest BCUT2D eigenvalue weighted by Crippen LogP contribution is 2.36. The van der Waals surface area contributed by atoms with E-state index in [4.69, 9.17) is 9.97 Å². The summed E-state index contributed by atoms with van der Waals surface area (Å²) in [7, 11) is 0. The molecule has 0 saturated carbocycles. The van der Waals surface area contributed by atoms with Gasteiger partial charge in [-0.1, -0.05) is 78.9 Å². The molecule has 0 aliphatic heterocycles. The van der Waals surface area contributed by atoms with E-state index in [1.165, 1.54) is 0 Å². The number of nitrogens with one attached hydrogen (secondary N) is 1. The molecule has 1 aliphatic rings. The van der Waals surface area contributed by atoms with E-state index < -0.39 is 6.10 Å². The number of aliphatic hydroxyl groups is 2. The van der Waals surface area contributed by atoms with Gasteiger partial charge in [0.1, 0.15) is 11.8 Å². The highest BCUT2D eigenvalue weighted by molar-refractivity contribution is 5.91. The van der Waals surface area contributed by atoms with Gasteiger partial charge in [-0.15, -0.1) is 0 Å². The summed E-state index contributed by atoms with van der Waals surface area (Å²) in [5.41, 5.74) is 6.47. The first-order chi connectivity index (χ1) is 17.1. The minimum Gasteiger partial charge on any atom is -0.392 e. The summed E-state index contributed by atoms with van der Waals surface area (Å²) >= 11 is 0. The van der Waals surface area contributed by atoms with Gasteiger partial charge in [-0.2, -0.15) is 0 Å². The van der Waals surface area contributed by atoms with Crippen molar-refractivity contribution in [3.8, 4) is 11.3 Å². The van der Waals surface area contributed by atoms with Gasteiger partial charge in [0, 0.05) is 12.0 Å². The number of anilines is 1. The average molecular weight is 466 g/mol. The summed E-state index contributed by atoms with van der Waals surface area (Å²) in [6.45, 7) is -0.0161. The van der Waals surface area contributed by atoms with Crippen molar-refractivity contribution in [1.82, 2.24) is 9.97 Å². The van der Waals surface area contributed by atoms with Crippen molar-refractivity contribution in [3.63, 3.8) is 0 Å². The average Bonchev–Trinajstić information content (AvgIpc) is 2.91. The molecule has 0 bridgehead atoms. The number of hydrogen-bond acceptors (Lipinski definition) is 5. The van der Waals surface area contributed by atoms with Crippen LogP contribution in [-0.4, -0.2) is 26.1 Å². The zero-order valence-electron chi connectivity index (χ0n) is 19.3. The Morgan fingerprint density at radius 2 is 1.66 bits per heavy atom. The van der Waals surface area contributed by atoms with E-state index in [1.54, 1.807) is 0 Å². The Morgan fingerprint density at radius 3 is 2.40 bits per heavy atom. The van der Waals surface area contributed by atoms with Gasteiger partial charge in [0.25, 0.3) is 0 Å². The lowest BCUT2D eigenvalue weighted by molar-refractivity contribution is -0.116. The molecule has 1 amide bonds. The van der Waals surface area contributed by atoms with E-state index in [1.807, 2.05) is 78.9 Å². The maximum absolute atomic E-state index is 12.8. The topological polar surface area (TPSA) is 95.3 Å². The highest BCUT2D eigenvalue weighted by Gasteiger charge is 2.26. The van der Waals surface area contributed by atoms with Crippen LogP contribution in [0.25, 0.3) is 11.3 Å². The zero-order chi connectivity index (χ0) is 24.2. The first-order valence-electron chi connectivity index (χ1n) is 11.8. The first-order valence-corrected chi connectivity index (χ1v) is 11.8. The van der Waals surface area contributed by atoms with Gasteiger partial charge in [0.2, 0.25) is 5.91 Å². The van der Waals surface area contributed by atoms with Crippen molar-refractivity contribution >= 4 is 11.7 Å². The normalized spacial score (nSPS) is 13.0. The second-order valence-electron chi connectivity index (χ2n) is 8.75. The number of carbonyl (C=O) groups excluding carboxylic acids is 1. The molecule has 0 spiro atoms. The van der Waals surface area contributed by atoms with Crippen LogP contribution >= 0.6 is 0 Å². The van der Waals surface area contributed by atoms with Gasteiger partial charge in [0.15, 0.2) is 5.82 Å². The van der Waals surface area contributed by atoms with E-state index in [0.29, 0.717) is 42.0 Å². The summed E-state index contributed by atoms with van der Waals surface area (Å²) in [5.74, 6) is 0.127. The van der Waals surface area contributed by atoms with Gasteiger partial charge in [-0.05, 0) is 41.5 Å². The van der Waals surface area contributed by atoms with Crippen molar-refractivity contribution in [2.45, 2.75) is 38.4 Å². The maximum atomic E-state index is 12.8. The molecule has 0 fully saturated rings. The van der Waals surface area contributed by atoms with Crippen molar-refractivity contribution in [2.24, 2.45) is 0 Å². The van der Waals surface area contributed by atoms with Crippen LogP contribution in [0, 0.1) is 0 Å². The molecule has 5 rings (SSSR count). The maximum Gasteiger partial charge on any atom is 0.225 e. The summed E-state index contributed by atoms with van der Waals surface area (Å²) in [6.07, 6.45) is 1.31. The van der Waals surface area contributed by atoms with Gasteiger partial charge in [0.05, 0.1) is 18.0 Å². The van der Waals surface area contributed by atoms with Gasteiger partial charge >= 0.3 is 0 Å². The molecule has 1 aliphatic carbocycles. The minimum absolute atomic E-state index is 0.0161. The lowest BCUT2D eigenvalue weighted by atomic mass is 9.90. The van der Waals surface area contributed by atoms with Crippen LogP contribution in [0.3, 0.4) is 0 Å². The third kappa shape index (κ3) is 4.99. The molecule has 6 nitrogen and oxygen atoms in total. The Hall–Kier alpha value is -3.87. The SMILES string of the molecule is O=C(CCc1ccccc1)Nc1nc2c(nc1C(O)c1ccccc1)-c1ccc(CO)cc1CC2. The number of aryl methyl sites for hydroxylation is 3. The number of nitrogens with zero attached hydrogens (tertiary/aromatic N) is 2. The Bertz CT molecular complexity index is 1340. The van der Waals surface area contributed by atoms with Crippen molar-refractivity contribution in [2.75, 3.05) is 5.32 Å². The summed E-state index contributed by atoms with van der Waals surface area (Å²) in [5, 5.41) is 23.7. The second kappa shape index (κ2) is 10.2. The zero-order valence-corrected chi connectivity index (χ0v) is 19.3. The Labute approximate surface area is 204 Å². The Morgan fingerprint density at radius 1 is 0.914 bits per heavy atom. The fourth-order valence-electron chi connectivity index (χ4n) is 4.48. The van der Waals surface area contributed by atoms with Crippen LogP contribution in [0.2, 0.25) is 0 Å². The van der Waals surface area contributed by atoms with Crippen molar-refractivity contribution in [3.05, 3.63) is 113 Å². The molecule has 1 aromatic heterocycles. The predicted molar refractivity (Wildman–Crippen MR) is 135 cm³/mol. The molecule has 1 atom stereocenters. The Kier molecular flexibility index (Phi) is 6.66. The molecule has 0 radical (unpaired) electrons. The number of rotatable bonds is 7. The lowest BCUT2D eigenvalue weighted by Gasteiger charge is -2.23. The standard InChI is InChI=1S/C29H27N3O3/c33-18-20-11-14-23-22(17-20)13-15-24-26(23)32-27(28(35)21-9-5-2-6-10-21)29(30-24)31-25(34)16-12-19-7-3-1-4-8-19/h1-11,14,17,28,33,35H,12-13,15-16,18H2,(H,30,31,34). The van der Waals surface area contributed by atoms with E-state index in [9.17, 15) is 15.0 Å². The van der Waals surface area contributed by atoms with Crippen molar-refractivity contribution in [1.29, 1.82) is 0 Å². The molecule has 1 heterocycles. The largest absolute Gasteiger partial charge is 0.392 e. The molecule has 1 unspecified atom stereocenters. The van der Waals surface area contributed by atoms with E-state index in [2.05, 4.69) is 5.32 Å². The minimum atomic E-state index is -1.04. The molecule has 176 valence electrons.